The molecular formula is C8H16NO2-. The molecule has 0 unspecified atom stereocenters. The molecule has 0 saturated carbocycles. The van der Waals surface area contributed by atoms with Crippen LogP contribution in [0.15, 0.2) is 0 Å². The van der Waals surface area contributed by atoms with Gasteiger partial charge in [-0.1, -0.05) is 0 Å². The first-order valence-electron chi connectivity index (χ1n) is 3.86. The van der Waals surface area contributed by atoms with Crippen LogP contribution in [0.4, 0.5) is 0 Å². The van der Waals surface area contributed by atoms with E-state index in [1.54, 1.807) is 14.2 Å². The molecule has 1 fully saturated rings. The first kappa shape index (κ1) is 8.97. The number of hydrogen-bond donors (Lipinski definition) is 0. The molecule has 1 aliphatic rings. The number of rotatable bonds is 3. The zero-order valence-electron chi connectivity index (χ0n) is 7.25. The van der Waals surface area contributed by atoms with Crippen LogP contribution in [-0.4, -0.2) is 44.4 Å². The highest BCUT2D eigenvalue weighted by Gasteiger charge is 2.24. The first-order chi connectivity index (χ1) is 5.27. The summed E-state index contributed by atoms with van der Waals surface area (Å²) in [6.07, 6.45) is 1.38. The predicted octanol–water partition coefficient (Wildman–Crippen LogP) is 0.514. The van der Waals surface area contributed by atoms with Gasteiger partial charge in [-0.05, 0) is 13.0 Å². The molecular weight excluding hydrogens is 142 g/mol. The molecule has 0 N–H and O–H groups in total. The Balaban J connectivity index is 2.32. The van der Waals surface area contributed by atoms with Crippen LogP contribution in [0.1, 0.15) is 6.42 Å². The minimum Gasteiger partial charge on any atom is -0.453 e. The SMILES string of the molecule is [CH2-]N1C[C@H](OC)C[C@@H]1COC. The Labute approximate surface area is 68.3 Å². The fourth-order valence-electron chi connectivity index (χ4n) is 1.47. The third-order valence-corrected chi connectivity index (χ3v) is 2.18. The van der Waals surface area contributed by atoms with Crippen molar-refractivity contribution in [2.45, 2.75) is 18.6 Å². The molecule has 11 heavy (non-hydrogen) atoms. The van der Waals surface area contributed by atoms with Crippen LogP contribution in [0.3, 0.4) is 0 Å². The van der Waals surface area contributed by atoms with E-state index in [0.29, 0.717) is 12.1 Å². The lowest BCUT2D eigenvalue weighted by Crippen LogP contribution is -2.27. The summed E-state index contributed by atoms with van der Waals surface area (Å²) in [6, 6.07) is 0.435. The van der Waals surface area contributed by atoms with E-state index in [0.717, 1.165) is 19.6 Å². The molecule has 1 saturated heterocycles. The second-order valence-corrected chi connectivity index (χ2v) is 2.97. The molecule has 0 aromatic rings. The lowest BCUT2D eigenvalue weighted by molar-refractivity contribution is 0.110. The van der Waals surface area contributed by atoms with E-state index >= 15 is 0 Å². The molecule has 0 radical (unpaired) electrons. The number of hydrogen-bond acceptors (Lipinski definition) is 3. The molecule has 0 aromatic carbocycles. The number of ether oxygens (including phenoxy) is 2. The van der Waals surface area contributed by atoms with Gasteiger partial charge in [0.15, 0.2) is 0 Å². The van der Waals surface area contributed by atoms with E-state index < -0.39 is 0 Å². The summed E-state index contributed by atoms with van der Waals surface area (Å²) in [5.41, 5.74) is 0. The summed E-state index contributed by atoms with van der Waals surface area (Å²) in [5.74, 6) is 0. The summed E-state index contributed by atoms with van der Waals surface area (Å²) in [4.78, 5) is 2.04. The minimum atomic E-state index is 0.340. The largest absolute Gasteiger partial charge is 0.453 e. The monoisotopic (exact) mass is 158 g/mol. The van der Waals surface area contributed by atoms with Crippen molar-refractivity contribution < 1.29 is 9.47 Å². The molecule has 0 amide bonds. The van der Waals surface area contributed by atoms with Crippen LogP contribution in [0.5, 0.6) is 0 Å². The van der Waals surface area contributed by atoms with Crippen LogP contribution in [-0.2, 0) is 9.47 Å². The normalized spacial score (nSPS) is 33.0. The molecule has 2 atom stereocenters. The molecule has 0 aliphatic carbocycles. The second-order valence-electron chi connectivity index (χ2n) is 2.97. The van der Waals surface area contributed by atoms with Gasteiger partial charge in [0.2, 0.25) is 0 Å². The zero-order valence-corrected chi connectivity index (χ0v) is 7.25. The van der Waals surface area contributed by atoms with Gasteiger partial charge in [0, 0.05) is 20.3 Å². The van der Waals surface area contributed by atoms with Crippen LogP contribution in [0.25, 0.3) is 0 Å². The van der Waals surface area contributed by atoms with E-state index in [-0.39, 0.29) is 0 Å². The van der Waals surface area contributed by atoms with Gasteiger partial charge in [-0.25, -0.2) is 0 Å². The van der Waals surface area contributed by atoms with E-state index in [4.69, 9.17) is 9.47 Å². The van der Waals surface area contributed by atoms with Gasteiger partial charge in [-0.3, -0.25) is 7.05 Å². The topological polar surface area (TPSA) is 21.7 Å². The van der Waals surface area contributed by atoms with Crippen LogP contribution >= 0.6 is 0 Å². The lowest BCUT2D eigenvalue weighted by Gasteiger charge is -2.25. The summed E-state index contributed by atoms with van der Waals surface area (Å²) in [7, 11) is 7.37. The van der Waals surface area contributed by atoms with Crippen molar-refractivity contribution in [2.24, 2.45) is 0 Å². The molecule has 1 rings (SSSR count). The molecule has 66 valence electrons. The maximum atomic E-state index is 5.22. The Kier molecular flexibility index (Phi) is 3.30. The van der Waals surface area contributed by atoms with Crippen LogP contribution in [0, 0.1) is 7.05 Å². The van der Waals surface area contributed by atoms with Gasteiger partial charge in [-0.2, -0.15) is 0 Å². The van der Waals surface area contributed by atoms with Crippen molar-refractivity contribution in [3.05, 3.63) is 7.05 Å². The minimum absolute atomic E-state index is 0.340. The summed E-state index contributed by atoms with van der Waals surface area (Å²) >= 11 is 0. The molecule has 3 nitrogen and oxygen atoms in total. The molecule has 0 bridgehead atoms. The molecule has 0 aromatic heterocycles. The first-order valence-corrected chi connectivity index (χ1v) is 3.86. The highest BCUT2D eigenvalue weighted by atomic mass is 16.5. The average Bonchev–Trinajstić information content (AvgIpc) is 2.33. The fraction of sp³-hybridized carbons (Fsp3) is 0.875. The van der Waals surface area contributed by atoms with E-state index in [1.165, 1.54) is 0 Å². The van der Waals surface area contributed by atoms with E-state index in [1.807, 2.05) is 4.90 Å². The summed E-state index contributed by atoms with van der Waals surface area (Å²) in [5, 5.41) is 0. The van der Waals surface area contributed by atoms with Gasteiger partial charge in [0.05, 0.1) is 12.7 Å². The van der Waals surface area contributed by atoms with Gasteiger partial charge < -0.3 is 14.4 Å². The quantitative estimate of drug-likeness (QED) is 0.559. The second kappa shape index (κ2) is 4.04. The average molecular weight is 158 g/mol. The zero-order chi connectivity index (χ0) is 8.27. The smallest absolute Gasteiger partial charge is 0.0689 e. The highest BCUT2D eigenvalue weighted by Crippen LogP contribution is 2.18. The molecule has 3 heteroatoms. The Hall–Kier alpha value is -0.120. The Morgan fingerprint density at radius 1 is 1.55 bits per heavy atom. The Bertz CT molecular complexity index is 119. The number of nitrogens with zero attached hydrogens (tertiary/aromatic N) is 1. The van der Waals surface area contributed by atoms with E-state index in [9.17, 15) is 0 Å². The summed E-state index contributed by atoms with van der Waals surface area (Å²) < 4.78 is 10.3. The fourth-order valence-corrected chi connectivity index (χ4v) is 1.47. The van der Waals surface area contributed by atoms with Crippen molar-refractivity contribution in [3.8, 4) is 0 Å². The van der Waals surface area contributed by atoms with Crippen LogP contribution < -0.4 is 0 Å². The summed E-state index contributed by atoms with van der Waals surface area (Å²) in [6.45, 7) is 1.67. The Morgan fingerprint density at radius 3 is 2.73 bits per heavy atom. The van der Waals surface area contributed by atoms with Crippen LogP contribution in [0.2, 0.25) is 0 Å². The van der Waals surface area contributed by atoms with Gasteiger partial charge >= 0.3 is 0 Å². The van der Waals surface area contributed by atoms with Crippen molar-refractivity contribution in [1.82, 2.24) is 4.90 Å². The highest BCUT2D eigenvalue weighted by molar-refractivity contribution is 4.85. The van der Waals surface area contributed by atoms with Crippen molar-refractivity contribution in [2.75, 3.05) is 27.4 Å². The molecule has 1 aliphatic heterocycles. The standard InChI is InChI=1S/C8H16NO2/c1-9-5-8(11-3)4-7(9)6-10-2/h7-8H,1,4-6H2,2-3H3/q-1/t7-,8-/m1/s1. The number of methoxy groups -OCH3 is 2. The molecule has 0 spiro atoms. The van der Waals surface area contributed by atoms with Gasteiger partial charge in [0.1, 0.15) is 0 Å². The van der Waals surface area contributed by atoms with Crippen molar-refractivity contribution in [1.29, 1.82) is 0 Å². The van der Waals surface area contributed by atoms with Crippen molar-refractivity contribution >= 4 is 0 Å². The van der Waals surface area contributed by atoms with Crippen molar-refractivity contribution in [3.63, 3.8) is 0 Å². The van der Waals surface area contributed by atoms with Gasteiger partial charge in [0.25, 0.3) is 0 Å². The lowest BCUT2D eigenvalue weighted by atomic mass is 10.2. The predicted molar refractivity (Wildman–Crippen MR) is 43.1 cm³/mol. The number of likely N-dealkylation sites (tertiary alicyclic amines) is 1. The third-order valence-electron chi connectivity index (χ3n) is 2.18. The Morgan fingerprint density at radius 2 is 2.27 bits per heavy atom. The maximum absolute atomic E-state index is 5.22. The van der Waals surface area contributed by atoms with Gasteiger partial charge in [-0.15, -0.1) is 0 Å². The molecule has 1 heterocycles. The van der Waals surface area contributed by atoms with E-state index in [2.05, 4.69) is 7.05 Å². The maximum Gasteiger partial charge on any atom is 0.0689 e. The third kappa shape index (κ3) is 2.15.